The molecule has 0 aliphatic heterocycles. The Labute approximate surface area is 108 Å². The second kappa shape index (κ2) is 7.61. The van der Waals surface area contributed by atoms with Gasteiger partial charge < -0.3 is 9.30 Å². The summed E-state index contributed by atoms with van der Waals surface area (Å²) < 4.78 is 8.32. The number of nitrogens with zero attached hydrogens (tertiary/aromatic N) is 2. The van der Waals surface area contributed by atoms with Crippen LogP contribution < -0.4 is 0 Å². The molecule has 0 fully saturated rings. The van der Waals surface area contributed by atoms with Crippen LogP contribution >= 0.6 is 12.2 Å². The number of hydrogen-bond donors (Lipinski definition) is 1. The van der Waals surface area contributed by atoms with Gasteiger partial charge in [0.25, 0.3) is 0 Å². The van der Waals surface area contributed by atoms with E-state index in [-0.39, 0.29) is 0 Å². The van der Waals surface area contributed by atoms with E-state index in [1.54, 1.807) is 0 Å². The van der Waals surface area contributed by atoms with E-state index in [2.05, 4.69) is 35.5 Å². The fourth-order valence-electron chi connectivity index (χ4n) is 1.66. The maximum atomic E-state index is 5.53. The standard InChI is InChI=1S/C12H23N3OS/c1-4-5-8-16-9-6-7-15-11(10(2)3)13-14-12(15)17/h10H,4-9H2,1-3H3,(H,14,17). The van der Waals surface area contributed by atoms with Crippen molar-refractivity contribution in [3.8, 4) is 0 Å². The summed E-state index contributed by atoms with van der Waals surface area (Å²) in [5.41, 5.74) is 0. The van der Waals surface area contributed by atoms with Gasteiger partial charge in [-0.2, -0.15) is 5.10 Å². The number of unbranched alkanes of at least 4 members (excludes halogenated alkanes) is 1. The zero-order valence-electron chi connectivity index (χ0n) is 11.0. The molecule has 4 nitrogen and oxygen atoms in total. The fourth-order valence-corrected chi connectivity index (χ4v) is 1.89. The van der Waals surface area contributed by atoms with E-state index in [4.69, 9.17) is 17.0 Å². The summed E-state index contributed by atoms with van der Waals surface area (Å²) in [4.78, 5) is 0. The molecule has 17 heavy (non-hydrogen) atoms. The molecule has 0 bridgehead atoms. The third-order valence-electron chi connectivity index (χ3n) is 2.62. The molecule has 0 aliphatic carbocycles. The molecule has 0 saturated heterocycles. The summed E-state index contributed by atoms with van der Waals surface area (Å²) in [6, 6.07) is 0. The van der Waals surface area contributed by atoms with E-state index < -0.39 is 0 Å². The average molecular weight is 257 g/mol. The molecular formula is C12H23N3OS. The van der Waals surface area contributed by atoms with E-state index in [0.29, 0.717) is 10.7 Å². The van der Waals surface area contributed by atoms with Crippen molar-refractivity contribution in [1.29, 1.82) is 0 Å². The van der Waals surface area contributed by atoms with Crippen molar-refractivity contribution in [2.75, 3.05) is 13.2 Å². The Morgan fingerprint density at radius 2 is 2.06 bits per heavy atom. The second-order valence-electron chi connectivity index (χ2n) is 4.51. The molecule has 0 aliphatic rings. The van der Waals surface area contributed by atoms with Gasteiger partial charge in [-0.25, -0.2) is 0 Å². The summed E-state index contributed by atoms with van der Waals surface area (Å²) in [7, 11) is 0. The molecule has 1 heterocycles. The minimum absolute atomic E-state index is 0.393. The Morgan fingerprint density at radius 3 is 2.71 bits per heavy atom. The van der Waals surface area contributed by atoms with E-state index in [0.717, 1.165) is 38.4 Å². The predicted octanol–water partition coefficient (Wildman–Crippen LogP) is 3.27. The third-order valence-corrected chi connectivity index (χ3v) is 2.93. The molecule has 0 unspecified atom stereocenters. The van der Waals surface area contributed by atoms with Crippen LogP contribution in [0.25, 0.3) is 0 Å². The van der Waals surface area contributed by atoms with Gasteiger partial charge in [0.2, 0.25) is 0 Å². The number of H-pyrrole nitrogens is 1. The van der Waals surface area contributed by atoms with Crippen LogP contribution in [0.1, 0.15) is 51.8 Å². The van der Waals surface area contributed by atoms with Gasteiger partial charge in [0.1, 0.15) is 5.82 Å². The second-order valence-corrected chi connectivity index (χ2v) is 4.90. The van der Waals surface area contributed by atoms with Crippen molar-refractivity contribution in [2.45, 2.75) is 52.5 Å². The molecule has 0 atom stereocenters. The number of ether oxygens (including phenoxy) is 1. The highest BCUT2D eigenvalue weighted by Crippen LogP contribution is 2.11. The largest absolute Gasteiger partial charge is 0.381 e. The Morgan fingerprint density at radius 1 is 1.35 bits per heavy atom. The number of aromatic nitrogens is 3. The molecule has 1 N–H and O–H groups in total. The van der Waals surface area contributed by atoms with Gasteiger partial charge >= 0.3 is 0 Å². The van der Waals surface area contributed by atoms with Gasteiger partial charge in [-0.1, -0.05) is 27.2 Å². The molecule has 0 spiro atoms. The Kier molecular flexibility index (Phi) is 6.44. The molecule has 0 aromatic carbocycles. The Bertz CT molecular complexity index is 370. The first-order valence-corrected chi connectivity index (χ1v) is 6.80. The van der Waals surface area contributed by atoms with Crippen LogP contribution in [-0.4, -0.2) is 28.0 Å². The smallest absolute Gasteiger partial charge is 0.195 e. The van der Waals surface area contributed by atoms with Crippen molar-refractivity contribution in [1.82, 2.24) is 14.8 Å². The van der Waals surface area contributed by atoms with E-state index in [1.807, 2.05) is 0 Å². The minimum Gasteiger partial charge on any atom is -0.381 e. The van der Waals surface area contributed by atoms with Crippen LogP contribution in [0.2, 0.25) is 0 Å². The first kappa shape index (κ1) is 14.4. The molecule has 1 rings (SSSR count). The lowest BCUT2D eigenvalue weighted by Gasteiger charge is -2.09. The lowest BCUT2D eigenvalue weighted by molar-refractivity contribution is 0.125. The van der Waals surface area contributed by atoms with Crippen molar-refractivity contribution < 1.29 is 4.74 Å². The zero-order valence-corrected chi connectivity index (χ0v) is 11.8. The van der Waals surface area contributed by atoms with Crippen LogP contribution in [0, 0.1) is 4.77 Å². The van der Waals surface area contributed by atoms with E-state index in [1.165, 1.54) is 6.42 Å². The van der Waals surface area contributed by atoms with Crippen LogP contribution in [0.15, 0.2) is 0 Å². The minimum atomic E-state index is 0.393. The summed E-state index contributed by atoms with van der Waals surface area (Å²) in [6.45, 7) is 8.96. The van der Waals surface area contributed by atoms with Crippen LogP contribution in [-0.2, 0) is 11.3 Å². The molecule has 1 aromatic heterocycles. The first-order valence-electron chi connectivity index (χ1n) is 6.39. The molecule has 0 amide bonds. The maximum Gasteiger partial charge on any atom is 0.195 e. The SMILES string of the molecule is CCCCOCCCn1c(C(C)C)n[nH]c1=S. The lowest BCUT2D eigenvalue weighted by atomic mass is 10.2. The van der Waals surface area contributed by atoms with E-state index >= 15 is 0 Å². The zero-order chi connectivity index (χ0) is 12.7. The van der Waals surface area contributed by atoms with Crippen LogP contribution in [0.5, 0.6) is 0 Å². The Hall–Kier alpha value is -0.680. The predicted molar refractivity (Wildman–Crippen MR) is 71.8 cm³/mol. The summed E-state index contributed by atoms with van der Waals surface area (Å²) >= 11 is 5.22. The van der Waals surface area contributed by atoms with Gasteiger partial charge in [0.15, 0.2) is 4.77 Å². The molecular weight excluding hydrogens is 234 g/mol. The fraction of sp³-hybridized carbons (Fsp3) is 0.833. The monoisotopic (exact) mass is 257 g/mol. The maximum absolute atomic E-state index is 5.53. The molecule has 1 aromatic rings. The van der Waals surface area contributed by atoms with Crippen molar-refractivity contribution in [3.63, 3.8) is 0 Å². The highest BCUT2D eigenvalue weighted by Gasteiger charge is 2.09. The number of aromatic amines is 1. The molecule has 5 heteroatoms. The third kappa shape index (κ3) is 4.60. The quantitative estimate of drug-likeness (QED) is 0.574. The van der Waals surface area contributed by atoms with Gasteiger partial charge in [0.05, 0.1) is 0 Å². The van der Waals surface area contributed by atoms with Gasteiger partial charge in [-0.15, -0.1) is 0 Å². The van der Waals surface area contributed by atoms with Gasteiger partial charge in [-0.05, 0) is 25.1 Å². The summed E-state index contributed by atoms with van der Waals surface area (Å²) in [5.74, 6) is 1.42. The van der Waals surface area contributed by atoms with Crippen LogP contribution in [0.4, 0.5) is 0 Å². The lowest BCUT2D eigenvalue weighted by Crippen LogP contribution is -2.08. The first-order chi connectivity index (χ1) is 8.16. The Balaban J connectivity index is 2.36. The highest BCUT2D eigenvalue weighted by molar-refractivity contribution is 7.71. The highest BCUT2D eigenvalue weighted by atomic mass is 32.1. The normalized spacial score (nSPS) is 11.3. The van der Waals surface area contributed by atoms with E-state index in [9.17, 15) is 0 Å². The van der Waals surface area contributed by atoms with Crippen molar-refractivity contribution in [2.24, 2.45) is 0 Å². The average Bonchev–Trinajstić information content (AvgIpc) is 2.65. The summed E-state index contributed by atoms with van der Waals surface area (Å²) in [5, 5.41) is 7.10. The van der Waals surface area contributed by atoms with Crippen molar-refractivity contribution in [3.05, 3.63) is 10.6 Å². The number of hydrogen-bond acceptors (Lipinski definition) is 3. The van der Waals surface area contributed by atoms with Gasteiger partial charge in [-0.3, -0.25) is 5.10 Å². The molecule has 0 saturated carbocycles. The number of nitrogens with one attached hydrogen (secondary N) is 1. The van der Waals surface area contributed by atoms with Gasteiger partial charge in [0, 0.05) is 25.7 Å². The number of rotatable bonds is 8. The summed E-state index contributed by atoms with van der Waals surface area (Å²) in [6.07, 6.45) is 3.31. The topological polar surface area (TPSA) is 42.8 Å². The van der Waals surface area contributed by atoms with Crippen molar-refractivity contribution >= 4 is 12.2 Å². The molecule has 98 valence electrons. The van der Waals surface area contributed by atoms with Crippen LogP contribution in [0.3, 0.4) is 0 Å². The molecule has 0 radical (unpaired) electrons.